The number of nitrogens with zero attached hydrogens (tertiary/aromatic N) is 1. The molecule has 0 spiro atoms. The van der Waals surface area contributed by atoms with Crippen LogP contribution in [0.2, 0.25) is 0 Å². The number of thiazole rings is 1. The number of hydrogen-bond donors (Lipinski definition) is 1. The van der Waals surface area contributed by atoms with Crippen LogP contribution in [0.3, 0.4) is 0 Å². The Hall–Kier alpha value is -1.42. The molecule has 1 unspecified atom stereocenters. The summed E-state index contributed by atoms with van der Waals surface area (Å²) in [5.41, 5.74) is 4.38. The summed E-state index contributed by atoms with van der Waals surface area (Å²) in [7, 11) is 0. The van der Waals surface area contributed by atoms with Crippen LogP contribution in [0.25, 0.3) is 0 Å². The summed E-state index contributed by atoms with van der Waals surface area (Å²) < 4.78 is 13.1. The molecule has 0 amide bonds. The second kappa shape index (κ2) is 4.61. The molecule has 0 aliphatic heterocycles. The molecule has 0 bridgehead atoms. The third-order valence-electron chi connectivity index (χ3n) is 2.44. The zero-order chi connectivity index (χ0) is 11.5. The van der Waals surface area contributed by atoms with Crippen molar-refractivity contribution in [2.75, 3.05) is 5.32 Å². The van der Waals surface area contributed by atoms with Crippen molar-refractivity contribution in [2.24, 2.45) is 0 Å². The molecule has 1 N–H and O–H groups in total. The molecule has 16 heavy (non-hydrogen) atoms. The number of rotatable bonds is 3. The van der Waals surface area contributed by atoms with Gasteiger partial charge in [0.15, 0.2) is 0 Å². The molecule has 1 atom stereocenters. The average molecular weight is 236 g/mol. The summed E-state index contributed by atoms with van der Waals surface area (Å²) >= 11 is 1.57. The van der Waals surface area contributed by atoms with Gasteiger partial charge in [-0.05, 0) is 37.6 Å². The maximum atomic E-state index is 13.1. The first-order chi connectivity index (χ1) is 7.66. The fraction of sp³-hybridized carbons (Fsp3) is 0.250. The van der Waals surface area contributed by atoms with E-state index >= 15 is 0 Å². The highest BCUT2D eigenvalue weighted by molar-refractivity contribution is 7.07. The highest BCUT2D eigenvalue weighted by Crippen LogP contribution is 2.20. The molecular formula is C12H13FN2S. The van der Waals surface area contributed by atoms with Crippen LogP contribution in [0.1, 0.15) is 24.2 Å². The Bertz CT molecular complexity index is 468. The van der Waals surface area contributed by atoms with Crippen molar-refractivity contribution in [3.05, 3.63) is 46.2 Å². The van der Waals surface area contributed by atoms with Gasteiger partial charge >= 0.3 is 0 Å². The highest BCUT2D eigenvalue weighted by Gasteiger charge is 2.07. The molecule has 0 aliphatic carbocycles. The summed E-state index contributed by atoms with van der Waals surface area (Å²) in [6.07, 6.45) is 0. The van der Waals surface area contributed by atoms with Crippen LogP contribution in [0, 0.1) is 12.7 Å². The van der Waals surface area contributed by atoms with E-state index in [4.69, 9.17) is 0 Å². The monoisotopic (exact) mass is 236 g/mol. The van der Waals surface area contributed by atoms with Crippen LogP contribution in [-0.2, 0) is 0 Å². The Morgan fingerprint density at radius 1 is 1.44 bits per heavy atom. The van der Waals surface area contributed by atoms with Crippen molar-refractivity contribution in [2.45, 2.75) is 19.9 Å². The van der Waals surface area contributed by atoms with E-state index in [0.717, 1.165) is 11.4 Å². The molecule has 0 saturated carbocycles. The first kappa shape index (κ1) is 11.1. The molecule has 0 saturated heterocycles. The van der Waals surface area contributed by atoms with Crippen LogP contribution in [-0.4, -0.2) is 4.98 Å². The van der Waals surface area contributed by atoms with Crippen LogP contribution in [0.5, 0.6) is 0 Å². The normalized spacial score (nSPS) is 12.4. The van der Waals surface area contributed by atoms with Crippen LogP contribution < -0.4 is 5.32 Å². The van der Waals surface area contributed by atoms with Crippen LogP contribution >= 0.6 is 11.3 Å². The summed E-state index contributed by atoms with van der Waals surface area (Å²) in [5, 5.41) is 5.30. The Balaban J connectivity index is 2.12. The topological polar surface area (TPSA) is 24.9 Å². The van der Waals surface area contributed by atoms with Gasteiger partial charge in [0.05, 0.1) is 17.2 Å². The van der Waals surface area contributed by atoms with Gasteiger partial charge < -0.3 is 5.32 Å². The van der Waals surface area contributed by atoms with Gasteiger partial charge in [-0.2, -0.15) is 0 Å². The van der Waals surface area contributed by atoms with Crippen LogP contribution in [0.4, 0.5) is 10.1 Å². The van der Waals surface area contributed by atoms with E-state index in [1.807, 2.05) is 17.8 Å². The fourth-order valence-corrected chi connectivity index (χ4v) is 2.14. The standard InChI is InChI=1S/C12H13FN2S/c1-8-5-10(3-4-11(8)13)15-9(2)12-6-16-7-14-12/h3-7,9,15H,1-2H3. The van der Waals surface area contributed by atoms with Gasteiger partial charge in [0, 0.05) is 11.1 Å². The van der Waals surface area contributed by atoms with Crippen molar-refractivity contribution in [1.29, 1.82) is 0 Å². The molecule has 1 heterocycles. The molecular weight excluding hydrogens is 223 g/mol. The lowest BCUT2D eigenvalue weighted by Gasteiger charge is -2.13. The first-order valence-corrected chi connectivity index (χ1v) is 6.02. The average Bonchev–Trinajstić information content (AvgIpc) is 2.77. The number of halogens is 1. The van der Waals surface area contributed by atoms with Crippen molar-refractivity contribution >= 4 is 17.0 Å². The van der Waals surface area contributed by atoms with Gasteiger partial charge in [-0.15, -0.1) is 11.3 Å². The Kier molecular flexibility index (Phi) is 3.19. The van der Waals surface area contributed by atoms with E-state index in [9.17, 15) is 4.39 Å². The van der Waals surface area contributed by atoms with Gasteiger partial charge in [0.2, 0.25) is 0 Å². The Morgan fingerprint density at radius 3 is 2.88 bits per heavy atom. The SMILES string of the molecule is Cc1cc(NC(C)c2cscn2)ccc1F. The van der Waals surface area contributed by atoms with Crippen molar-refractivity contribution in [1.82, 2.24) is 4.98 Å². The lowest BCUT2D eigenvalue weighted by atomic mass is 10.2. The smallest absolute Gasteiger partial charge is 0.126 e. The molecule has 2 aromatic rings. The summed E-state index contributed by atoms with van der Waals surface area (Å²) in [6.45, 7) is 3.79. The summed E-state index contributed by atoms with van der Waals surface area (Å²) in [6, 6.07) is 5.16. The Labute approximate surface area is 98.2 Å². The van der Waals surface area contributed by atoms with E-state index < -0.39 is 0 Å². The molecule has 2 nitrogen and oxygen atoms in total. The predicted octanol–water partition coefficient (Wildman–Crippen LogP) is 3.76. The van der Waals surface area contributed by atoms with Crippen molar-refractivity contribution in [3.63, 3.8) is 0 Å². The van der Waals surface area contributed by atoms with Crippen molar-refractivity contribution in [3.8, 4) is 0 Å². The van der Waals surface area contributed by atoms with Gasteiger partial charge in [-0.25, -0.2) is 9.37 Å². The summed E-state index contributed by atoms with van der Waals surface area (Å²) in [5.74, 6) is -0.174. The highest BCUT2D eigenvalue weighted by atomic mass is 32.1. The quantitative estimate of drug-likeness (QED) is 0.877. The molecule has 2 rings (SSSR count). The number of anilines is 1. The van der Waals surface area contributed by atoms with E-state index in [-0.39, 0.29) is 11.9 Å². The van der Waals surface area contributed by atoms with Gasteiger partial charge in [0.1, 0.15) is 5.82 Å². The second-order valence-electron chi connectivity index (χ2n) is 3.74. The molecule has 1 aromatic heterocycles. The molecule has 0 fully saturated rings. The first-order valence-electron chi connectivity index (χ1n) is 5.07. The predicted molar refractivity (Wildman–Crippen MR) is 65.3 cm³/mol. The third-order valence-corrected chi connectivity index (χ3v) is 3.04. The van der Waals surface area contributed by atoms with Gasteiger partial charge in [0.25, 0.3) is 0 Å². The molecule has 0 aliphatic rings. The number of benzene rings is 1. The van der Waals surface area contributed by atoms with Crippen molar-refractivity contribution < 1.29 is 4.39 Å². The minimum atomic E-state index is -0.174. The van der Waals surface area contributed by atoms with E-state index in [0.29, 0.717) is 5.56 Å². The van der Waals surface area contributed by atoms with Crippen LogP contribution in [0.15, 0.2) is 29.1 Å². The Morgan fingerprint density at radius 2 is 2.25 bits per heavy atom. The second-order valence-corrected chi connectivity index (χ2v) is 4.46. The van der Waals surface area contributed by atoms with E-state index in [1.54, 1.807) is 30.4 Å². The third kappa shape index (κ3) is 2.39. The molecule has 4 heteroatoms. The number of aryl methyl sites for hydroxylation is 1. The van der Waals surface area contributed by atoms with Gasteiger partial charge in [-0.3, -0.25) is 0 Å². The maximum Gasteiger partial charge on any atom is 0.126 e. The van der Waals surface area contributed by atoms with Gasteiger partial charge in [-0.1, -0.05) is 0 Å². The number of nitrogens with one attached hydrogen (secondary N) is 1. The maximum absolute atomic E-state index is 13.1. The fourth-order valence-electron chi connectivity index (χ4n) is 1.49. The number of hydrogen-bond acceptors (Lipinski definition) is 3. The van der Waals surface area contributed by atoms with E-state index in [1.165, 1.54) is 6.07 Å². The minimum Gasteiger partial charge on any atom is -0.377 e. The minimum absolute atomic E-state index is 0.135. The zero-order valence-corrected chi connectivity index (χ0v) is 10.0. The largest absolute Gasteiger partial charge is 0.377 e. The molecule has 1 aromatic carbocycles. The summed E-state index contributed by atoms with van der Waals surface area (Å²) in [4.78, 5) is 4.23. The molecule has 84 valence electrons. The zero-order valence-electron chi connectivity index (χ0n) is 9.20. The molecule has 0 radical (unpaired) electrons. The van der Waals surface area contributed by atoms with E-state index in [2.05, 4.69) is 10.3 Å². The lowest BCUT2D eigenvalue weighted by Crippen LogP contribution is -2.07. The lowest BCUT2D eigenvalue weighted by molar-refractivity contribution is 0.618. The number of aromatic nitrogens is 1.